The number of fused-ring (bicyclic) bond motifs is 1. The van der Waals surface area contributed by atoms with E-state index in [1.807, 2.05) is 0 Å². The fraction of sp³-hybridized carbons (Fsp3) is 1.00. The van der Waals surface area contributed by atoms with Gasteiger partial charge in [-0.05, 0) is 78.9 Å². The van der Waals surface area contributed by atoms with Crippen molar-refractivity contribution >= 4 is 0 Å². The van der Waals surface area contributed by atoms with Crippen molar-refractivity contribution in [1.29, 1.82) is 0 Å². The van der Waals surface area contributed by atoms with Crippen molar-refractivity contribution in [2.24, 2.45) is 46.8 Å². The molecule has 3 aliphatic carbocycles. The molecule has 0 aromatic carbocycles. The highest BCUT2D eigenvalue weighted by Gasteiger charge is 2.52. The summed E-state index contributed by atoms with van der Waals surface area (Å²) in [5.74, 6) is 7.03. The lowest BCUT2D eigenvalue weighted by Gasteiger charge is -2.47. The second kappa shape index (κ2) is 9.67. The second-order valence-electron chi connectivity index (χ2n) is 11.8. The monoisotopic (exact) mass is 374 g/mol. The van der Waals surface area contributed by atoms with Crippen LogP contribution in [0.2, 0.25) is 0 Å². The Balaban J connectivity index is 1.54. The summed E-state index contributed by atoms with van der Waals surface area (Å²) >= 11 is 0. The van der Waals surface area contributed by atoms with E-state index >= 15 is 0 Å². The van der Waals surface area contributed by atoms with Gasteiger partial charge in [0, 0.05) is 0 Å². The molecule has 7 atom stereocenters. The molecule has 0 heterocycles. The zero-order chi connectivity index (χ0) is 19.4. The van der Waals surface area contributed by atoms with Gasteiger partial charge in [0.2, 0.25) is 0 Å². The molecular formula is C27H50. The molecular weight excluding hydrogens is 324 g/mol. The molecule has 0 aromatic heterocycles. The van der Waals surface area contributed by atoms with Crippen LogP contribution in [0.1, 0.15) is 125 Å². The van der Waals surface area contributed by atoms with Gasteiger partial charge in [-0.1, -0.05) is 92.4 Å². The van der Waals surface area contributed by atoms with Crippen molar-refractivity contribution in [2.45, 2.75) is 125 Å². The molecule has 0 bridgehead atoms. The first-order valence-corrected chi connectivity index (χ1v) is 12.9. The Hall–Kier alpha value is 0. The highest BCUT2D eigenvalue weighted by molar-refractivity contribution is 5.01. The van der Waals surface area contributed by atoms with E-state index in [2.05, 4.69) is 34.6 Å². The molecule has 3 fully saturated rings. The lowest BCUT2D eigenvalue weighted by atomic mass is 9.58. The molecule has 0 amide bonds. The predicted molar refractivity (Wildman–Crippen MR) is 120 cm³/mol. The zero-order valence-electron chi connectivity index (χ0n) is 19.4. The second-order valence-corrected chi connectivity index (χ2v) is 11.8. The number of hydrogen-bond acceptors (Lipinski definition) is 0. The Bertz CT molecular complexity index is 437. The van der Waals surface area contributed by atoms with Gasteiger partial charge >= 0.3 is 0 Å². The topological polar surface area (TPSA) is 0 Å². The Kier molecular flexibility index (Phi) is 7.77. The summed E-state index contributed by atoms with van der Waals surface area (Å²) in [6.07, 6.45) is 21.2. The molecule has 1 unspecified atom stereocenters. The maximum Gasteiger partial charge on any atom is -0.0264 e. The van der Waals surface area contributed by atoms with E-state index in [0.717, 1.165) is 41.4 Å². The van der Waals surface area contributed by atoms with Crippen molar-refractivity contribution in [1.82, 2.24) is 0 Å². The van der Waals surface area contributed by atoms with E-state index in [-0.39, 0.29) is 0 Å². The Morgan fingerprint density at radius 1 is 0.815 bits per heavy atom. The Morgan fingerprint density at radius 2 is 1.52 bits per heavy atom. The first-order chi connectivity index (χ1) is 12.9. The summed E-state index contributed by atoms with van der Waals surface area (Å²) in [5.41, 5.74) is 0.679. The smallest absolute Gasteiger partial charge is 0.0264 e. The van der Waals surface area contributed by atoms with Crippen molar-refractivity contribution in [2.75, 3.05) is 0 Å². The van der Waals surface area contributed by atoms with Crippen molar-refractivity contribution < 1.29 is 0 Å². The molecule has 0 saturated heterocycles. The molecule has 3 rings (SSSR count). The minimum atomic E-state index is 0.679. The summed E-state index contributed by atoms with van der Waals surface area (Å²) < 4.78 is 0. The largest absolute Gasteiger partial charge is 0.0628 e. The maximum atomic E-state index is 2.73. The molecule has 3 saturated carbocycles. The molecule has 0 heteroatoms. The van der Waals surface area contributed by atoms with Gasteiger partial charge in [0.15, 0.2) is 0 Å². The van der Waals surface area contributed by atoms with Crippen LogP contribution >= 0.6 is 0 Å². The van der Waals surface area contributed by atoms with E-state index in [1.165, 1.54) is 57.8 Å². The normalized spacial score (nSPS) is 40.9. The van der Waals surface area contributed by atoms with E-state index in [1.54, 1.807) is 32.1 Å². The zero-order valence-corrected chi connectivity index (χ0v) is 19.4. The van der Waals surface area contributed by atoms with Crippen LogP contribution in [0.25, 0.3) is 0 Å². The molecule has 0 spiro atoms. The Morgan fingerprint density at radius 3 is 2.26 bits per heavy atom. The van der Waals surface area contributed by atoms with Crippen LogP contribution in [0.3, 0.4) is 0 Å². The van der Waals surface area contributed by atoms with Gasteiger partial charge in [-0.25, -0.2) is 0 Å². The minimum absolute atomic E-state index is 0.679. The summed E-state index contributed by atoms with van der Waals surface area (Å²) in [4.78, 5) is 0. The van der Waals surface area contributed by atoms with Crippen LogP contribution in [-0.2, 0) is 0 Å². The average Bonchev–Trinajstić information content (AvgIpc) is 2.98. The number of hydrogen-bond donors (Lipinski definition) is 0. The Labute approximate surface area is 171 Å². The van der Waals surface area contributed by atoms with E-state index < -0.39 is 0 Å². The lowest BCUT2D eigenvalue weighted by molar-refractivity contribution is 0.0215. The van der Waals surface area contributed by atoms with Crippen LogP contribution in [0.15, 0.2) is 0 Å². The van der Waals surface area contributed by atoms with Crippen LogP contribution in [0, 0.1) is 46.8 Å². The summed E-state index contributed by atoms with van der Waals surface area (Å²) in [6, 6.07) is 0. The van der Waals surface area contributed by atoms with Gasteiger partial charge in [-0.3, -0.25) is 0 Å². The van der Waals surface area contributed by atoms with Crippen molar-refractivity contribution in [3.05, 3.63) is 0 Å². The van der Waals surface area contributed by atoms with E-state index in [0.29, 0.717) is 5.41 Å². The molecule has 0 N–H and O–H groups in total. The van der Waals surface area contributed by atoms with Gasteiger partial charge in [-0.15, -0.1) is 0 Å². The average molecular weight is 375 g/mol. The van der Waals surface area contributed by atoms with Gasteiger partial charge in [-0.2, -0.15) is 0 Å². The number of rotatable bonds is 8. The minimum Gasteiger partial charge on any atom is -0.0628 e. The predicted octanol–water partition coefficient (Wildman–Crippen LogP) is 8.89. The maximum absolute atomic E-state index is 2.73. The molecule has 0 nitrogen and oxygen atoms in total. The quantitative estimate of drug-likeness (QED) is 0.398. The highest BCUT2D eigenvalue weighted by atomic mass is 14.6. The highest BCUT2D eigenvalue weighted by Crippen LogP contribution is 2.61. The van der Waals surface area contributed by atoms with Crippen LogP contribution in [0.5, 0.6) is 0 Å². The lowest BCUT2D eigenvalue weighted by Crippen LogP contribution is -2.39. The van der Waals surface area contributed by atoms with Gasteiger partial charge in [0.1, 0.15) is 0 Å². The molecule has 27 heavy (non-hydrogen) atoms. The van der Waals surface area contributed by atoms with Gasteiger partial charge in [0.25, 0.3) is 0 Å². The molecule has 0 aliphatic heterocycles. The van der Waals surface area contributed by atoms with Gasteiger partial charge in [0.05, 0.1) is 0 Å². The summed E-state index contributed by atoms with van der Waals surface area (Å²) in [5, 5.41) is 0. The van der Waals surface area contributed by atoms with E-state index in [9.17, 15) is 0 Å². The first-order valence-electron chi connectivity index (χ1n) is 12.9. The molecule has 3 aliphatic rings. The van der Waals surface area contributed by atoms with Crippen molar-refractivity contribution in [3.63, 3.8) is 0 Å². The van der Waals surface area contributed by atoms with Crippen LogP contribution in [0.4, 0.5) is 0 Å². The molecule has 0 aromatic rings. The third-order valence-electron chi connectivity index (χ3n) is 9.67. The van der Waals surface area contributed by atoms with Crippen molar-refractivity contribution in [3.8, 4) is 0 Å². The standard InChI is InChI=1S/C27H50/c1-20(2)10-8-12-22(4)25-17-18-26-24(14-9-19-27(25,26)5)16-15-23-13-7-6-11-21(23)3/h20-26H,6-19H2,1-5H3/t21-,22-,23?,24+,25-,26+,27-/m1/s1. The molecule has 158 valence electrons. The van der Waals surface area contributed by atoms with E-state index in [4.69, 9.17) is 0 Å². The molecule has 0 radical (unpaired) electrons. The fourth-order valence-electron chi connectivity index (χ4n) is 7.96. The first kappa shape index (κ1) is 21.7. The van der Waals surface area contributed by atoms with Crippen LogP contribution < -0.4 is 0 Å². The summed E-state index contributed by atoms with van der Waals surface area (Å²) in [7, 11) is 0. The SMILES string of the molecule is CC(C)CCC[C@@H](C)[C@H]1CC[C@H]2[C@H](CCC3CCCC[C@H]3C)CCC[C@]12C. The van der Waals surface area contributed by atoms with Gasteiger partial charge < -0.3 is 0 Å². The van der Waals surface area contributed by atoms with Crippen LogP contribution in [-0.4, -0.2) is 0 Å². The third kappa shape index (κ3) is 5.14. The fourth-order valence-corrected chi connectivity index (χ4v) is 7.96. The third-order valence-corrected chi connectivity index (χ3v) is 9.67. The summed E-state index contributed by atoms with van der Waals surface area (Å²) in [6.45, 7) is 12.6.